The predicted molar refractivity (Wildman–Crippen MR) is 204 cm³/mol. The Morgan fingerprint density at radius 3 is 1.58 bits per heavy atom. The minimum Gasteiger partial charge on any atom is -0.469 e. The number of methoxy groups -OCH3 is 1. The van der Waals surface area contributed by atoms with Crippen LogP contribution in [-0.4, -0.2) is 40.9 Å². The van der Waals surface area contributed by atoms with Crippen LogP contribution in [0.4, 0.5) is 0 Å². The van der Waals surface area contributed by atoms with Gasteiger partial charge in [-0.2, -0.15) is 0 Å². The molecule has 5 rings (SSSR count). The van der Waals surface area contributed by atoms with E-state index in [4.69, 9.17) is 18.6 Å². The first-order chi connectivity index (χ1) is 24.3. The Hall–Kier alpha value is -4.33. The molecule has 0 aromatic heterocycles. The second-order valence-electron chi connectivity index (χ2n) is 13.7. The van der Waals surface area contributed by atoms with Gasteiger partial charge in [0.2, 0.25) is 0 Å². The van der Waals surface area contributed by atoms with Gasteiger partial charge < -0.3 is 18.6 Å². The number of benzene rings is 5. The van der Waals surface area contributed by atoms with Gasteiger partial charge in [-0.15, -0.1) is 0 Å². The number of carbonyl (C=O) groups excluding carboxylic acids is 1. The number of ether oxygens (including phenoxy) is 3. The van der Waals surface area contributed by atoms with Crippen molar-refractivity contribution in [3.05, 3.63) is 168 Å². The Bertz CT molecular complexity index is 1650. The van der Waals surface area contributed by atoms with Crippen LogP contribution in [0.25, 0.3) is 0 Å². The Labute approximate surface area is 299 Å². The summed E-state index contributed by atoms with van der Waals surface area (Å²) in [6.07, 6.45) is 0.419. The Kier molecular flexibility index (Phi) is 13.3. The van der Waals surface area contributed by atoms with Crippen LogP contribution in [-0.2, 0) is 30.0 Å². The normalized spacial score (nSPS) is 13.7. The van der Waals surface area contributed by atoms with Gasteiger partial charge >= 0.3 is 5.97 Å². The van der Waals surface area contributed by atoms with Gasteiger partial charge in [-0.1, -0.05) is 172 Å². The second kappa shape index (κ2) is 18.1. The Morgan fingerprint density at radius 2 is 1.10 bits per heavy atom. The van der Waals surface area contributed by atoms with Crippen molar-refractivity contribution in [2.45, 2.75) is 63.2 Å². The van der Waals surface area contributed by atoms with Gasteiger partial charge in [-0.3, -0.25) is 4.79 Å². The highest BCUT2D eigenvalue weighted by molar-refractivity contribution is 6.99. The molecule has 0 aliphatic rings. The summed E-state index contributed by atoms with van der Waals surface area (Å²) in [5.41, 5.74) is 3.21. The molecule has 260 valence electrons. The van der Waals surface area contributed by atoms with E-state index in [9.17, 15) is 4.79 Å². The molecule has 0 fully saturated rings. The zero-order chi connectivity index (χ0) is 35.2. The lowest BCUT2D eigenvalue weighted by Gasteiger charge is -2.43. The van der Waals surface area contributed by atoms with Gasteiger partial charge in [-0.05, 0) is 38.5 Å². The highest BCUT2D eigenvalue weighted by Crippen LogP contribution is 2.40. The number of hydrogen-bond donors (Lipinski definition) is 0. The van der Waals surface area contributed by atoms with Crippen LogP contribution in [0, 0.1) is 0 Å². The second-order valence-corrected chi connectivity index (χ2v) is 18.0. The summed E-state index contributed by atoms with van der Waals surface area (Å²) in [5.74, 6) is -0.695. The Balaban J connectivity index is 1.52. The van der Waals surface area contributed by atoms with Crippen molar-refractivity contribution >= 4 is 24.7 Å². The predicted octanol–water partition coefficient (Wildman–Crippen LogP) is 8.64. The summed E-state index contributed by atoms with van der Waals surface area (Å²) in [4.78, 5) is 13.0. The zero-order valence-corrected chi connectivity index (χ0v) is 30.7. The molecule has 0 unspecified atom stereocenters. The molecular weight excluding hydrogens is 637 g/mol. The molecule has 5 aromatic carbocycles. The lowest BCUT2D eigenvalue weighted by atomic mass is 9.79. The van der Waals surface area contributed by atoms with Gasteiger partial charge in [-0.25, -0.2) is 0 Å². The fraction of sp³-hybridized carbons (Fsp3) is 0.295. The van der Waals surface area contributed by atoms with E-state index in [1.807, 2.05) is 54.6 Å². The van der Waals surface area contributed by atoms with E-state index in [0.29, 0.717) is 19.6 Å². The molecule has 5 nitrogen and oxygen atoms in total. The van der Waals surface area contributed by atoms with E-state index >= 15 is 0 Å². The van der Waals surface area contributed by atoms with Crippen LogP contribution >= 0.6 is 0 Å². The average molecular weight is 687 g/mol. The van der Waals surface area contributed by atoms with E-state index < -0.39 is 14.4 Å². The third-order valence-corrected chi connectivity index (χ3v) is 14.5. The molecular formula is C44H50O5Si. The van der Waals surface area contributed by atoms with Gasteiger partial charge in [0.05, 0.1) is 26.2 Å². The van der Waals surface area contributed by atoms with Gasteiger partial charge in [0.1, 0.15) is 6.79 Å². The summed E-state index contributed by atoms with van der Waals surface area (Å²) in [5, 5.41) is 2.33. The fourth-order valence-corrected chi connectivity index (χ4v) is 11.7. The van der Waals surface area contributed by atoms with E-state index in [0.717, 1.165) is 16.7 Å². The Morgan fingerprint density at radius 1 is 0.640 bits per heavy atom. The van der Waals surface area contributed by atoms with Crippen LogP contribution in [0.2, 0.25) is 5.04 Å². The van der Waals surface area contributed by atoms with Crippen molar-refractivity contribution in [2.24, 2.45) is 0 Å². The molecule has 0 saturated heterocycles. The standard InChI is InChI=1S/C44H50O5Si/c1-44(2,3)50(38-26-16-8-17-27-38,39-28-18-9-19-29-39)49-31-30-40(36-22-12-6-13-23-36)43(48-34-47-33-35-20-10-5-11-21-35)41(32-42(45)46-4)37-24-14-7-15-25-37/h5-29,40-41,43H,30-34H2,1-4H3/t40-,41-,43-/m1/s1. The minimum atomic E-state index is -2.78. The zero-order valence-electron chi connectivity index (χ0n) is 29.7. The largest absolute Gasteiger partial charge is 0.469 e. The van der Waals surface area contributed by atoms with Gasteiger partial charge in [0.25, 0.3) is 8.32 Å². The first kappa shape index (κ1) is 36.9. The summed E-state index contributed by atoms with van der Waals surface area (Å²) in [6.45, 7) is 7.89. The van der Waals surface area contributed by atoms with Crippen LogP contribution in [0.5, 0.6) is 0 Å². The first-order valence-electron chi connectivity index (χ1n) is 17.5. The first-order valence-corrected chi connectivity index (χ1v) is 19.4. The number of rotatable bonds is 17. The summed E-state index contributed by atoms with van der Waals surface area (Å²) in [7, 11) is -1.34. The molecule has 0 aliphatic carbocycles. The highest BCUT2D eigenvalue weighted by Gasteiger charge is 2.50. The summed E-state index contributed by atoms with van der Waals surface area (Å²) >= 11 is 0. The maximum atomic E-state index is 13.0. The smallest absolute Gasteiger partial charge is 0.306 e. The number of hydrogen-bond acceptors (Lipinski definition) is 5. The molecule has 0 spiro atoms. The van der Waals surface area contributed by atoms with Crippen molar-refractivity contribution < 1.29 is 23.4 Å². The molecule has 0 amide bonds. The molecule has 0 N–H and O–H groups in total. The molecule has 0 bridgehead atoms. The van der Waals surface area contributed by atoms with Gasteiger partial charge in [0, 0.05) is 18.4 Å². The quantitative estimate of drug-likeness (QED) is 0.0424. The molecule has 5 aromatic rings. The monoisotopic (exact) mass is 686 g/mol. The topological polar surface area (TPSA) is 54.0 Å². The fourth-order valence-electron chi connectivity index (χ4n) is 7.08. The number of esters is 1. The molecule has 6 heteroatoms. The average Bonchev–Trinajstić information content (AvgIpc) is 3.16. The highest BCUT2D eigenvalue weighted by atomic mass is 28.4. The van der Waals surface area contributed by atoms with Gasteiger partial charge in [0.15, 0.2) is 0 Å². The minimum absolute atomic E-state index is 0.0724. The van der Waals surface area contributed by atoms with Crippen molar-refractivity contribution in [1.29, 1.82) is 0 Å². The third kappa shape index (κ3) is 9.26. The summed E-state index contributed by atoms with van der Waals surface area (Å²) < 4.78 is 25.5. The maximum absolute atomic E-state index is 13.0. The molecule has 0 saturated carbocycles. The SMILES string of the molecule is COC(=O)C[C@H](c1ccccc1)[C@H](OCOCc1ccccc1)[C@H](CCO[Si](c1ccccc1)(c1ccccc1)C(C)(C)C)c1ccccc1. The van der Waals surface area contributed by atoms with Crippen LogP contribution in [0.15, 0.2) is 152 Å². The maximum Gasteiger partial charge on any atom is 0.306 e. The molecule has 0 heterocycles. The van der Waals surface area contributed by atoms with Crippen LogP contribution in [0.1, 0.15) is 62.1 Å². The van der Waals surface area contributed by atoms with Crippen LogP contribution in [0.3, 0.4) is 0 Å². The van der Waals surface area contributed by atoms with E-state index in [-0.39, 0.29) is 36.1 Å². The third-order valence-electron chi connectivity index (χ3n) is 9.48. The lowest BCUT2D eigenvalue weighted by Crippen LogP contribution is -2.66. The van der Waals surface area contributed by atoms with E-state index in [2.05, 4.69) is 118 Å². The molecule has 50 heavy (non-hydrogen) atoms. The van der Waals surface area contributed by atoms with E-state index in [1.165, 1.54) is 17.5 Å². The molecule has 0 aliphatic heterocycles. The van der Waals surface area contributed by atoms with E-state index in [1.54, 1.807) is 0 Å². The summed E-state index contributed by atoms with van der Waals surface area (Å²) in [6, 6.07) is 52.1. The molecule has 0 radical (unpaired) electrons. The van der Waals surface area contributed by atoms with Crippen molar-refractivity contribution in [3.8, 4) is 0 Å². The number of carbonyl (C=O) groups is 1. The lowest BCUT2D eigenvalue weighted by molar-refractivity contribution is -0.145. The van der Waals surface area contributed by atoms with Crippen LogP contribution < -0.4 is 10.4 Å². The molecule has 3 atom stereocenters. The van der Waals surface area contributed by atoms with Crippen molar-refractivity contribution in [2.75, 3.05) is 20.5 Å². The van der Waals surface area contributed by atoms with Crippen molar-refractivity contribution in [1.82, 2.24) is 0 Å². The van der Waals surface area contributed by atoms with Crippen molar-refractivity contribution in [3.63, 3.8) is 0 Å².